The number of rotatable bonds is 3. The Balaban J connectivity index is 2.44. The first-order chi connectivity index (χ1) is 5.20. The van der Waals surface area contributed by atoms with Crippen LogP contribution in [0.15, 0.2) is 12.4 Å². The average molecular weight is 155 g/mol. The third kappa shape index (κ3) is 2.23. The van der Waals surface area contributed by atoms with Crippen LogP contribution in [0.4, 0.5) is 5.95 Å². The van der Waals surface area contributed by atoms with Gasteiger partial charge in [0.05, 0.1) is 6.10 Å². The zero-order valence-electron chi connectivity index (χ0n) is 6.78. The van der Waals surface area contributed by atoms with Crippen molar-refractivity contribution in [3.63, 3.8) is 0 Å². The first-order valence-corrected chi connectivity index (χ1v) is 3.59. The second-order valence-corrected chi connectivity index (χ2v) is 2.59. The molecule has 0 bridgehead atoms. The number of aromatic nitrogens is 2. The molecule has 0 saturated carbocycles. The van der Waals surface area contributed by atoms with Gasteiger partial charge in [0.25, 0.3) is 0 Å². The molecule has 0 spiro atoms. The summed E-state index contributed by atoms with van der Waals surface area (Å²) in [5.41, 5.74) is 0. The minimum absolute atomic E-state index is 0.341. The van der Waals surface area contributed by atoms with Gasteiger partial charge in [-0.3, -0.25) is 0 Å². The van der Waals surface area contributed by atoms with Crippen LogP contribution in [0.5, 0.6) is 0 Å². The Labute approximate surface area is 65.9 Å². The Morgan fingerprint density at radius 3 is 3.00 bits per heavy atom. The number of nitrogens with zero attached hydrogens (tertiary/aromatic N) is 2. The Morgan fingerprint density at radius 1 is 1.82 bits per heavy atom. The summed E-state index contributed by atoms with van der Waals surface area (Å²) >= 11 is 0. The molecule has 2 N–H and O–H groups in total. The van der Waals surface area contributed by atoms with Gasteiger partial charge in [0.15, 0.2) is 0 Å². The molecule has 0 aliphatic rings. The van der Waals surface area contributed by atoms with E-state index in [2.05, 4.69) is 10.3 Å². The molecule has 11 heavy (non-hydrogen) atoms. The van der Waals surface area contributed by atoms with Gasteiger partial charge in [0.1, 0.15) is 0 Å². The number of aliphatic hydroxyl groups excluding tert-OH is 1. The van der Waals surface area contributed by atoms with Crippen LogP contribution in [0.2, 0.25) is 0 Å². The van der Waals surface area contributed by atoms with Crippen LogP contribution >= 0.6 is 0 Å². The molecule has 0 aliphatic heterocycles. The lowest BCUT2D eigenvalue weighted by Gasteiger charge is -2.06. The summed E-state index contributed by atoms with van der Waals surface area (Å²) in [6, 6.07) is 0. The predicted molar refractivity (Wildman–Crippen MR) is 43.4 cm³/mol. The van der Waals surface area contributed by atoms with Crippen molar-refractivity contribution in [2.45, 2.75) is 13.0 Å². The monoisotopic (exact) mass is 155 g/mol. The lowest BCUT2D eigenvalue weighted by Crippen LogP contribution is -2.17. The normalized spacial score (nSPS) is 13.0. The Morgan fingerprint density at radius 2 is 2.55 bits per heavy atom. The lowest BCUT2D eigenvalue weighted by molar-refractivity contribution is 0.208. The van der Waals surface area contributed by atoms with Crippen LogP contribution < -0.4 is 5.32 Å². The third-order valence-corrected chi connectivity index (χ3v) is 1.38. The SMILES string of the molecule is CC(O)CNc1nccn1C. The number of hydrogen-bond donors (Lipinski definition) is 2. The van der Waals surface area contributed by atoms with E-state index in [4.69, 9.17) is 5.11 Å². The highest BCUT2D eigenvalue weighted by molar-refractivity contribution is 5.25. The van der Waals surface area contributed by atoms with E-state index in [1.807, 2.05) is 17.8 Å². The topological polar surface area (TPSA) is 50.1 Å². The van der Waals surface area contributed by atoms with Crippen molar-refractivity contribution in [2.75, 3.05) is 11.9 Å². The van der Waals surface area contributed by atoms with E-state index in [-0.39, 0.29) is 6.10 Å². The van der Waals surface area contributed by atoms with E-state index in [1.54, 1.807) is 13.1 Å². The van der Waals surface area contributed by atoms with Gasteiger partial charge in [-0.25, -0.2) is 4.98 Å². The molecule has 0 saturated heterocycles. The summed E-state index contributed by atoms with van der Waals surface area (Å²) in [5.74, 6) is 0.783. The van der Waals surface area contributed by atoms with E-state index in [0.29, 0.717) is 6.54 Å². The van der Waals surface area contributed by atoms with Crippen molar-refractivity contribution in [3.05, 3.63) is 12.4 Å². The van der Waals surface area contributed by atoms with Crippen molar-refractivity contribution in [1.82, 2.24) is 9.55 Å². The predicted octanol–water partition coefficient (Wildman–Crippen LogP) is 0.213. The van der Waals surface area contributed by atoms with Crippen LogP contribution in [0.3, 0.4) is 0 Å². The molecule has 0 aromatic carbocycles. The molecule has 1 aromatic rings. The molecule has 0 fully saturated rings. The van der Waals surface area contributed by atoms with Crippen molar-refractivity contribution in [1.29, 1.82) is 0 Å². The fourth-order valence-corrected chi connectivity index (χ4v) is 0.775. The molecule has 1 aromatic heterocycles. The molecule has 0 amide bonds. The molecule has 62 valence electrons. The van der Waals surface area contributed by atoms with E-state index in [0.717, 1.165) is 5.95 Å². The average Bonchev–Trinajstić information content (AvgIpc) is 2.31. The van der Waals surface area contributed by atoms with Crippen LogP contribution in [-0.4, -0.2) is 27.3 Å². The largest absolute Gasteiger partial charge is 0.392 e. The number of anilines is 1. The Kier molecular flexibility index (Phi) is 2.48. The van der Waals surface area contributed by atoms with Crippen LogP contribution in [-0.2, 0) is 7.05 Å². The van der Waals surface area contributed by atoms with Crippen LogP contribution in [0.1, 0.15) is 6.92 Å². The lowest BCUT2D eigenvalue weighted by atomic mass is 10.4. The summed E-state index contributed by atoms with van der Waals surface area (Å²) in [7, 11) is 1.90. The highest BCUT2D eigenvalue weighted by Crippen LogP contribution is 1.99. The Bertz CT molecular complexity index is 219. The smallest absolute Gasteiger partial charge is 0.202 e. The summed E-state index contributed by atoms with van der Waals surface area (Å²) in [4.78, 5) is 4.03. The molecular formula is C7H13N3O. The highest BCUT2D eigenvalue weighted by Gasteiger charge is 1.98. The summed E-state index contributed by atoms with van der Waals surface area (Å²) in [6.07, 6.45) is 3.22. The maximum atomic E-state index is 8.94. The number of imidazole rings is 1. The van der Waals surface area contributed by atoms with Gasteiger partial charge in [0, 0.05) is 26.0 Å². The number of nitrogens with one attached hydrogen (secondary N) is 1. The quantitative estimate of drug-likeness (QED) is 0.656. The van der Waals surface area contributed by atoms with E-state index >= 15 is 0 Å². The molecule has 1 heterocycles. The first kappa shape index (κ1) is 8.07. The second kappa shape index (κ2) is 3.39. The van der Waals surface area contributed by atoms with Crippen molar-refractivity contribution in [2.24, 2.45) is 7.05 Å². The second-order valence-electron chi connectivity index (χ2n) is 2.59. The Hall–Kier alpha value is -1.03. The van der Waals surface area contributed by atoms with Gasteiger partial charge in [-0.15, -0.1) is 0 Å². The van der Waals surface area contributed by atoms with Crippen LogP contribution in [0, 0.1) is 0 Å². The van der Waals surface area contributed by atoms with E-state index < -0.39 is 0 Å². The summed E-state index contributed by atoms with van der Waals surface area (Å²) in [5, 5.41) is 11.9. The molecule has 0 radical (unpaired) electrons. The van der Waals surface area contributed by atoms with Gasteiger partial charge in [-0.05, 0) is 6.92 Å². The van der Waals surface area contributed by atoms with Crippen molar-refractivity contribution in [3.8, 4) is 0 Å². The van der Waals surface area contributed by atoms with Crippen molar-refractivity contribution >= 4 is 5.95 Å². The molecular weight excluding hydrogens is 142 g/mol. The first-order valence-electron chi connectivity index (χ1n) is 3.59. The fourth-order valence-electron chi connectivity index (χ4n) is 0.775. The highest BCUT2D eigenvalue weighted by atomic mass is 16.3. The van der Waals surface area contributed by atoms with E-state index in [1.165, 1.54) is 0 Å². The molecule has 0 aliphatic carbocycles. The van der Waals surface area contributed by atoms with Crippen molar-refractivity contribution < 1.29 is 5.11 Å². The van der Waals surface area contributed by atoms with Gasteiger partial charge < -0.3 is 15.0 Å². The van der Waals surface area contributed by atoms with Gasteiger partial charge >= 0.3 is 0 Å². The molecule has 1 rings (SSSR count). The zero-order chi connectivity index (χ0) is 8.27. The number of aliphatic hydroxyl groups is 1. The third-order valence-electron chi connectivity index (χ3n) is 1.38. The minimum atomic E-state index is -0.341. The number of aryl methyl sites for hydroxylation is 1. The molecule has 1 unspecified atom stereocenters. The standard InChI is InChI=1S/C7H13N3O/c1-6(11)5-9-7-8-3-4-10(7)2/h3-4,6,11H,5H2,1-2H3,(H,8,9). The fraction of sp³-hybridized carbons (Fsp3) is 0.571. The summed E-state index contributed by atoms with van der Waals surface area (Å²) < 4.78 is 1.86. The van der Waals surface area contributed by atoms with Crippen LogP contribution in [0.25, 0.3) is 0 Å². The van der Waals surface area contributed by atoms with Gasteiger partial charge in [0.2, 0.25) is 5.95 Å². The maximum Gasteiger partial charge on any atom is 0.202 e. The zero-order valence-corrected chi connectivity index (χ0v) is 6.78. The number of hydrogen-bond acceptors (Lipinski definition) is 3. The summed E-state index contributed by atoms with van der Waals surface area (Å²) in [6.45, 7) is 2.26. The van der Waals surface area contributed by atoms with Gasteiger partial charge in [-0.2, -0.15) is 0 Å². The molecule has 1 atom stereocenters. The van der Waals surface area contributed by atoms with Gasteiger partial charge in [-0.1, -0.05) is 0 Å². The minimum Gasteiger partial charge on any atom is -0.392 e. The maximum absolute atomic E-state index is 8.94. The molecule has 4 heteroatoms. The molecule has 4 nitrogen and oxygen atoms in total. The van der Waals surface area contributed by atoms with E-state index in [9.17, 15) is 0 Å².